The molecule has 0 fully saturated rings. The van der Waals surface area contributed by atoms with Gasteiger partial charge in [0, 0.05) is 36.7 Å². The monoisotopic (exact) mass is 384 g/mol. The Kier molecular flexibility index (Phi) is 3.87. The van der Waals surface area contributed by atoms with E-state index in [-0.39, 0.29) is 42.2 Å². The first-order valence-corrected chi connectivity index (χ1v) is 9.13. The topological polar surface area (TPSA) is 88.5 Å². The zero-order valence-corrected chi connectivity index (χ0v) is 15.1. The lowest BCUT2D eigenvalue weighted by molar-refractivity contribution is 0.230. The summed E-state index contributed by atoms with van der Waals surface area (Å²) < 4.78 is 29.5. The highest BCUT2D eigenvalue weighted by Gasteiger charge is 2.44. The van der Waals surface area contributed by atoms with E-state index in [1.54, 1.807) is 23.9 Å². The van der Waals surface area contributed by atoms with Crippen molar-refractivity contribution in [2.24, 2.45) is 7.05 Å². The molecule has 2 N–H and O–H groups in total. The predicted octanol–water partition coefficient (Wildman–Crippen LogP) is 1.84. The van der Waals surface area contributed by atoms with Crippen molar-refractivity contribution >= 4 is 0 Å². The minimum atomic E-state index is -1.11. The lowest BCUT2D eigenvalue weighted by Gasteiger charge is -2.41. The number of aryl methyl sites for hydroxylation is 1. The Bertz CT molecular complexity index is 1090. The summed E-state index contributed by atoms with van der Waals surface area (Å²) in [5.41, 5.74) is 2.33. The van der Waals surface area contributed by atoms with Crippen LogP contribution in [0.3, 0.4) is 0 Å². The largest absolute Gasteiger partial charge is 0.302 e. The van der Waals surface area contributed by atoms with Crippen LogP contribution in [0.15, 0.2) is 35.4 Å². The maximum Gasteiger partial charge on any atom is 0.267 e. The Balaban J connectivity index is 1.74. The first-order chi connectivity index (χ1) is 13.5. The first kappa shape index (κ1) is 17.2. The minimum absolute atomic E-state index is 0.0745. The summed E-state index contributed by atoms with van der Waals surface area (Å²) in [6.45, 7) is 0. The molecular weight excluding hydrogens is 366 g/mol. The van der Waals surface area contributed by atoms with E-state index in [0.717, 1.165) is 11.1 Å². The molecule has 7 nitrogen and oxygen atoms in total. The Morgan fingerprint density at radius 3 is 2.75 bits per heavy atom. The molecule has 3 heterocycles. The SMILES string of the molecule is Cn1ncnc1[C@H]1c2n[nH]c(=O)c3c2C(CC(F)C3)N[C@@H]1c1ccc(F)cc1. The number of rotatable bonds is 2. The molecule has 0 amide bonds. The van der Waals surface area contributed by atoms with Crippen molar-refractivity contribution in [1.29, 1.82) is 0 Å². The molecule has 1 aliphatic heterocycles. The highest BCUT2D eigenvalue weighted by molar-refractivity contribution is 5.44. The van der Waals surface area contributed by atoms with Crippen LogP contribution in [0.5, 0.6) is 0 Å². The lowest BCUT2D eigenvalue weighted by atomic mass is 9.75. The van der Waals surface area contributed by atoms with Gasteiger partial charge in [-0.1, -0.05) is 12.1 Å². The third-order valence-electron chi connectivity index (χ3n) is 5.68. The predicted molar refractivity (Wildman–Crippen MR) is 95.9 cm³/mol. The maximum atomic E-state index is 14.4. The standard InChI is InChI=1S/C19H18F2N6O/c1-27-18(22-8-23-27)15-16(9-2-4-10(20)5-3-9)24-13-7-11(21)6-12-14(13)17(15)25-26-19(12)28/h2-5,8,11,13,15-16,24H,6-7H2,1H3,(H,26,28)/t11?,13?,15-,16-/m1/s1. The highest BCUT2D eigenvalue weighted by Crippen LogP contribution is 2.46. The number of alkyl halides is 1. The quantitative estimate of drug-likeness (QED) is 0.704. The molecule has 1 aromatic carbocycles. The molecule has 0 saturated heterocycles. The van der Waals surface area contributed by atoms with E-state index in [0.29, 0.717) is 17.1 Å². The molecule has 2 aliphatic rings. The van der Waals surface area contributed by atoms with Gasteiger partial charge in [-0.05, 0) is 24.1 Å². The van der Waals surface area contributed by atoms with Gasteiger partial charge in [0.05, 0.1) is 11.6 Å². The molecule has 28 heavy (non-hydrogen) atoms. The van der Waals surface area contributed by atoms with E-state index in [1.807, 2.05) is 0 Å². The maximum absolute atomic E-state index is 14.4. The van der Waals surface area contributed by atoms with E-state index in [2.05, 4.69) is 25.6 Å². The third-order valence-corrected chi connectivity index (χ3v) is 5.68. The van der Waals surface area contributed by atoms with Crippen LogP contribution in [0.2, 0.25) is 0 Å². The number of aromatic nitrogens is 5. The van der Waals surface area contributed by atoms with Crippen molar-refractivity contribution in [3.05, 3.63) is 75.0 Å². The van der Waals surface area contributed by atoms with Gasteiger partial charge in [-0.2, -0.15) is 10.2 Å². The van der Waals surface area contributed by atoms with Crippen molar-refractivity contribution in [2.75, 3.05) is 0 Å². The second kappa shape index (κ2) is 6.30. The van der Waals surface area contributed by atoms with Crippen molar-refractivity contribution in [2.45, 2.75) is 37.0 Å². The molecule has 9 heteroatoms. The molecule has 2 aromatic heterocycles. The second-order valence-corrected chi connectivity index (χ2v) is 7.34. The van der Waals surface area contributed by atoms with Gasteiger partial charge < -0.3 is 5.32 Å². The number of benzene rings is 1. The van der Waals surface area contributed by atoms with Crippen molar-refractivity contribution in [3.8, 4) is 0 Å². The first-order valence-electron chi connectivity index (χ1n) is 9.13. The number of hydrogen-bond acceptors (Lipinski definition) is 5. The zero-order chi connectivity index (χ0) is 19.4. The van der Waals surface area contributed by atoms with Gasteiger partial charge in [0.2, 0.25) is 0 Å². The van der Waals surface area contributed by atoms with Gasteiger partial charge in [-0.25, -0.2) is 18.9 Å². The Morgan fingerprint density at radius 2 is 2.04 bits per heavy atom. The Labute approximate surface area is 158 Å². The fraction of sp³-hybridized carbons (Fsp3) is 0.368. The molecule has 3 aromatic rings. The minimum Gasteiger partial charge on any atom is -0.302 e. The molecular formula is C19H18F2N6O. The average molecular weight is 384 g/mol. The molecule has 0 saturated carbocycles. The zero-order valence-electron chi connectivity index (χ0n) is 15.1. The van der Waals surface area contributed by atoms with Gasteiger partial charge >= 0.3 is 0 Å². The molecule has 0 radical (unpaired) electrons. The van der Waals surface area contributed by atoms with Gasteiger partial charge in [0.15, 0.2) is 0 Å². The molecule has 2 unspecified atom stereocenters. The van der Waals surface area contributed by atoms with Crippen LogP contribution >= 0.6 is 0 Å². The summed E-state index contributed by atoms with van der Waals surface area (Å²) in [6, 6.07) is 5.52. The Hall–Kier alpha value is -2.94. The van der Waals surface area contributed by atoms with E-state index in [1.165, 1.54) is 18.5 Å². The average Bonchev–Trinajstić information content (AvgIpc) is 3.10. The summed E-state index contributed by atoms with van der Waals surface area (Å²) in [4.78, 5) is 16.7. The van der Waals surface area contributed by atoms with Crippen LogP contribution in [0.25, 0.3) is 0 Å². The van der Waals surface area contributed by atoms with Crippen molar-refractivity contribution in [1.82, 2.24) is 30.3 Å². The van der Waals surface area contributed by atoms with Gasteiger partial charge in [0.25, 0.3) is 5.56 Å². The number of nitrogens with one attached hydrogen (secondary N) is 2. The molecule has 144 valence electrons. The second-order valence-electron chi connectivity index (χ2n) is 7.34. The lowest BCUT2D eigenvalue weighted by Crippen LogP contribution is -2.44. The van der Waals surface area contributed by atoms with Crippen LogP contribution < -0.4 is 10.9 Å². The van der Waals surface area contributed by atoms with Crippen molar-refractivity contribution in [3.63, 3.8) is 0 Å². The van der Waals surface area contributed by atoms with Crippen LogP contribution in [0, 0.1) is 5.82 Å². The number of aromatic amines is 1. The number of nitrogens with zero attached hydrogens (tertiary/aromatic N) is 4. The number of halogens is 2. The summed E-state index contributed by atoms with van der Waals surface area (Å²) in [5.74, 6) is -0.0400. The van der Waals surface area contributed by atoms with E-state index < -0.39 is 6.17 Å². The van der Waals surface area contributed by atoms with E-state index >= 15 is 0 Å². The van der Waals surface area contributed by atoms with Crippen LogP contribution in [0.4, 0.5) is 8.78 Å². The summed E-state index contributed by atoms with van der Waals surface area (Å²) in [5, 5.41) is 14.5. The molecule has 4 atom stereocenters. The van der Waals surface area contributed by atoms with E-state index in [9.17, 15) is 13.6 Å². The summed E-state index contributed by atoms with van der Waals surface area (Å²) >= 11 is 0. The van der Waals surface area contributed by atoms with Gasteiger partial charge in [-0.3, -0.25) is 9.48 Å². The number of H-pyrrole nitrogens is 1. The normalized spacial score (nSPS) is 26.1. The fourth-order valence-electron chi connectivity index (χ4n) is 4.46. The Morgan fingerprint density at radius 1 is 1.25 bits per heavy atom. The van der Waals surface area contributed by atoms with Crippen LogP contribution in [-0.2, 0) is 13.5 Å². The summed E-state index contributed by atoms with van der Waals surface area (Å²) in [7, 11) is 1.78. The molecule has 1 aliphatic carbocycles. The fourth-order valence-corrected chi connectivity index (χ4v) is 4.46. The van der Waals surface area contributed by atoms with Gasteiger partial charge in [0.1, 0.15) is 24.1 Å². The molecule has 0 bridgehead atoms. The summed E-state index contributed by atoms with van der Waals surface area (Å²) in [6.07, 6.45) is 0.680. The highest BCUT2D eigenvalue weighted by atomic mass is 19.1. The smallest absolute Gasteiger partial charge is 0.267 e. The number of hydrogen-bond donors (Lipinski definition) is 2. The van der Waals surface area contributed by atoms with Crippen molar-refractivity contribution < 1.29 is 8.78 Å². The van der Waals surface area contributed by atoms with Crippen LogP contribution in [-0.4, -0.2) is 31.1 Å². The van der Waals surface area contributed by atoms with Crippen LogP contribution in [0.1, 0.15) is 52.6 Å². The van der Waals surface area contributed by atoms with Gasteiger partial charge in [-0.15, -0.1) is 0 Å². The molecule has 5 rings (SSSR count). The third kappa shape index (κ3) is 2.57. The van der Waals surface area contributed by atoms with E-state index in [4.69, 9.17) is 0 Å². The molecule has 0 spiro atoms.